The van der Waals surface area contributed by atoms with E-state index in [0.717, 1.165) is 16.1 Å². The molecular formula is C26H36ClN3O6S. The summed E-state index contributed by atoms with van der Waals surface area (Å²) in [6, 6.07) is 10.8. The number of rotatable bonds is 13. The third kappa shape index (κ3) is 8.53. The van der Waals surface area contributed by atoms with E-state index in [0.29, 0.717) is 23.7 Å². The Kier molecular flexibility index (Phi) is 11.1. The van der Waals surface area contributed by atoms with Gasteiger partial charge in [-0.1, -0.05) is 44.5 Å². The van der Waals surface area contributed by atoms with Crippen molar-refractivity contribution in [1.82, 2.24) is 10.2 Å². The number of benzene rings is 2. The summed E-state index contributed by atoms with van der Waals surface area (Å²) in [4.78, 5) is 28.3. The van der Waals surface area contributed by atoms with E-state index < -0.39 is 28.5 Å². The molecule has 0 saturated carbocycles. The molecule has 1 N–H and O–H groups in total. The van der Waals surface area contributed by atoms with Crippen molar-refractivity contribution in [3.8, 4) is 11.5 Å². The van der Waals surface area contributed by atoms with E-state index in [9.17, 15) is 18.0 Å². The summed E-state index contributed by atoms with van der Waals surface area (Å²) in [5.41, 5.74) is 0.934. The second kappa shape index (κ2) is 13.5. The molecule has 1 atom stereocenters. The zero-order valence-corrected chi connectivity index (χ0v) is 23.7. The Morgan fingerprint density at radius 2 is 1.70 bits per heavy atom. The molecule has 0 spiro atoms. The van der Waals surface area contributed by atoms with Crippen molar-refractivity contribution in [2.75, 3.05) is 37.9 Å². The van der Waals surface area contributed by atoms with Crippen LogP contribution >= 0.6 is 11.6 Å². The topological polar surface area (TPSA) is 105 Å². The molecule has 0 aromatic heterocycles. The fourth-order valence-corrected chi connectivity index (χ4v) is 4.69. The minimum absolute atomic E-state index is 0.0982. The van der Waals surface area contributed by atoms with Crippen molar-refractivity contribution in [1.29, 1.82) is 0 Å². The number of sulfonamides is 1. The summed E-state index contributed by atoms with van der Waals surface area (Å²) in [7, 11) is -1.02. The van der Waals surface area contributed by atoms with Crippen LogP contribution in [0.25, 0.3) is 0 Å². The van der Waals surface area contributed by atoms with Gasteiger partial charge in [-0.15, -0.1) is 0 Å². The number of carbonyl (C=O) groups is 2. The van der Waals surface area contributed by atoms with E-state index in [1.807, 2.05) is 20.8 Å². The number of nitrogens with zero attached hydrogens (tertiary/aromatic N) is 2. The van der Waals surface area contributed by atoms with Gasteiger partial charge in [0, 0.05) is 24.2 Å². The first kappa shape index (κ1) is 30.2. The Bertz CT molecular complexity index is 1170. The Balaban J connectivity index is 2.48. The molecule has 37 heavy (non-hydrogen) atoms. The van der Waals surface area contributed by atoms with Gasteiger partial charge in [0.1, 0.15) is 24.1 Å². The number of hydrogen-bond donors (Lipinski definition) is 1. The Hall–Kier alpha value is -2.98. The minimum atomic E-state index is -3.90. The number of halogens is 1. The van der Waals surface area contributed by atoms with Gasteiger partial charge in [-0.2, -0.15) is 0 Å². The van der Waals surface area contributed by atoms with Gasteiger partial charge in [0.15, 0.2) is 0 Å². The average molecular weight is 554 g/mol. The van der Waals surface area contributed by atoms with Crippen LogP contribution in [0.1, 0.15) is 32.8 Å². The molecule has 0 aliphatic rings. The Morgan fingerprint density at radius 1 is 1.05 bits per heavy atom. The zero-order valence-electron chi connectivity index (χ0n) is 22.2. The smallest absolute Gasteiger partial charge is 0.244 e. The maximum absolute atomic E-state index is 13.8. The van der Waals surface area contributed by atoms with Crippen molar-refractivity contribution in [3.05, 3.63) is 53.1 Å². The predicted molar refractivity (Wildman–Crippen MR) is 146 cm³/mol. The average Bonchev–Trinajstić information content (AvgIpc) is 2.85. The standard InChI is InChI=1S/C26H36ClN3O6S/c1-7-22(26(32)28-15-18(2)3)29(16-19-8-10-20(27)11-9-19)25(31)17-30(37(6,33)34)23-13-12-21(35-4)14-24(23)36-5/h8-14,18,22H,7,15-17H2,1-6H3,(H,28,32)/t22-/m1/s1. The molecule has 2 amide bonds. The van der Waals surface area contributed by atoms with Crippen LogP contribution < -0.4 is 19.1 Å². The zero-order chi connectivity index (χ0) is 27.8. The molecule has 0 unspecified atom stereocenters. The van der Waals surface area contributed by atoms with Crippen LogP contribution in [0, 0.1) is 5.92 Å². The van der Waals surface area contributed by atoms with Crippen LogP contribution in [0.5, 0.6) is 11.5 Å². The first-order valence-electron chi connectivity index (χ1n) is 11.9. The lowest BCUT2D eigenvalue weighted by atomic mass is 10.1. The largest absolute Gasteiger partial charge is 0.497 e. The molecule has 2 aromatic rings. The second-order valence-corrected chi connectivity index (χ2v) is 11.4. The molecule has 0 aliphatic heterocycles. The highest BCUT2D eigenvalue weighted by Crippen LogP contribution is 2.33. The van der Waals surface area contributed by atoms with Crippen molar-refractivity contribution < 1.29 is 27.5 Å². The van der Waals surface area contributed by atoms with E-state index in [-0.39, 0.29) is 29.8 Å². The maximum atomic E-state index is 13.8. The first-order chi connectivity index (χ1) is 17.4. The monoisotopic (exact) mass is 553 g/mol. The van der Waals surface area contributed by atoms with Crippen LogP contribution in [0.3, 0.4) is 0 Å². The van der Waals surface area contributed by atoms with E-state index in [1.165, 1.54) is 31.3 Å². The van der Waals surface area contributed by atoms with Crippen LogP contribution in [0.15, 0.2) is 42.5 Å². The highest BCUT2D eigenvalue weighted by Gasteiger charge is 2.32. The molecule has 2 rings (SSSR count). The fraction of sp³-hybridized carbons (Fsp3) is 0.462. The van der Waals surface area contributed by atoms with Crippen molar-refractivity contribution in [2.24, 2.45) is 5.92 Å². The molecule has 0 bridgehead atoms. The van der Waals surface area contributed by atoms with Gasteiger partial charge in [0.2, 0.25) is 21.8 Å². The van der Waals surface area contributed by atoms with Gasteiger partial charge in [-0.3, -0.25) is 13.9 Å². The van der Waals surface area contributed by atoms with Crippen molar-refractivity contribution >= 4 is 39.1 Å². The lowest BCUT2D eigenvalue weighted by Gasteiger charge is -2.33. The molecule has 0 aliphatic carbocycles. The quantitative estimate of drug-likeness (QED) is 0.405. The molecule has 2 aromatic carbocycles. The normalized spacial score (nSPS) is 12.1. The maximum Gasteiger partial charge on any atom is 0.244 e. The summed E-state index contributed by atoms with van der Waals surface area (Å²) in [6.45, 7) is 5.79. The van der Waals surface area contributed by atoms with E-state index in [2.05, 4.69) is 5.32 Å². The van der Waals surface area contributed by atoms with Gasteiger partial charge in [-0.25, -0.2) is 8.42 Å². The summed E-state index contributed by atoms with van der Waals surface area (Å²) in [6.07, 6.45) is 1.36. The summed E-state index contributed by atoms with van der Waals surface area (Å²) in [5, 5.41) is 3.43. The number of anilines is 1. The third-order valence-corrected chi connectivity index (χ3v) is 7.05. The second-order valence-electron chi connectivity index (χ2n) is 9.02. The van der Waals surface area contributed by atoms with E-state index in [4.69, 9.17) is 21.1 Å². The number of ether oxygens (including phenoxy) is 2. The summed E-state index contributed by atoms with van der Waals surface area (Å²) in [5.74, 6) is 0.0857. The molecule has 9 nitrogen and oxygen atoms in total. The number of hydrogen-bond acceptors (Lipinski definition) is 6. The molecular weight excluding hydrogens is 518 g/mol. The van der Waals surface area contributed by atoms with E-state index in [1.54, 1.807) is 30.3 Å². The van der Waals surface area contributed by atoms with E-state index >= 15 is 0 Å². The van der Waals surface area contributed by atoms with Gasteiger partial charge < -0.3 is 19.7 Å². The number of nitrogens with one attached hydrogen (secondary N) is 1. The summed E-state index contributed by atoms with van der Waals surface area (Å²) >= 11 is 6.02. The number of amides is 2. The third-order valence-electron chi connectivity index (χ3n) is 5.67. The lowest BCUT2D eigenvalue weighted by molar-refractivity contribution is -0.140. The van der Waals surface area contributed by atoms with Crippen LogP contribution in [-0.4, -0.2) is 64.7 Å². The lowest BCUT2D eigenvalue weighted by Crippen LogP contribution is -2.52. The minimum Gasteiger partial charge on any atom is -0.497 e. The van der Waals surface area contributed by atoms with Crippen LogP contribution in [-0.2, 0) is 26.2 Å². The first-order valence-corrected chi connectivity index (χ1v) is 14.1. The Labute approximate surface area is 224 Å². The molecule has 0 fully saturated rings. The predicted octanol–water partition coefficient (Wildman–Crippen LogP) is 3.70. The van der Waals surface area contributed by atoms with Crippen LogP contribution in [0.2, 0.25) is 5.02 Å². The van der Waals surface area contributed by atoms with Gasteiger partial charge in [-0.05, 0) is 42.2 Å². The highest BCUT2D eigenvalue weighted by atomic mass is 35.5. The Morgan fingerprint density at radius 3 is 2.22 bits per heavy atom. The van der Waals surface area contributed by atoms with Crippen molar-refractivity contribution in [3.63, 3.8) is 0 Å². The molecule has 204 valence electrons. The highest BCUT2D eigenvalue weighted by molar-refractivity contribution is 7.92. The van der Waals surface area contributed by atoms with Crippen molar-refractivity contribution in [2.45, 2.75) is 39.8 Å². The molecule has 0 radical (unpaired) electrons. The van der Waals surface area contributed by atoms with Gasteiger partial charge in [0.25, 0.3) is 0 Å². The van der Waals surface area contributed by atoms with Crippen LogP contribution in [0.4, 0.5) is 5.69 Å². The molecule has 11 heteroatoms. The number of carbonyl (C=O) groups excluding carboxylic acids is 2. The number of methoxy groups -OCH3 is 2. The van der Waals surface area contributed by atoms with Gasteiger partial charge in [0.05, 0.1) is 26.2 Å². The molecule has 0 saturated heterocycles. The van der Waals surface area contributed by atoms with Gasteiger partial charge >= 0.3 is 0 Å². The fourth-order valence-electron chi connectivity index (χ4n) is 3.71. The molecule has 0 heterocycles. The summed E-state index contributed by atoms with van der Waals surface area (Å²) < 4.78 is 37.2. The SMILES string of the molecule is CC[C@H](C(=O)NCC(C)C)N(Cc1ccc(Cl)cc1)C(=O)CN(c1ccc(OC)cc1OC)S(C)(=O)=O.